The molecule has 2 N–H and O–H groups in total. The standard InChI is InChI=1S/C15H20N4/c1-18-14-5-3-2-4-12(14)13(17-18)8-19-9-15(16,10-19)11-6-7-11/h2-5,11H,6-10,16H2,1H3. The van der Waals surface area contributed by atoms with Crippen molar-refractivity contribution < 1.29 is 0 Å². The topological polar surface area (TPSA) is 47.1 Å². The Balaban J connectivity index is 1.53. The zero-order valence-corrected chi connectivity index (χ0v) is 11.3. The molecule has 4 rings (SSSR count). The van der Waals surface area contributed by atoms with Gasteiger partial charge in [-0.1, -0.05) is 18.2 Å². The summed E-state index contributed by atoms with van der Waals surface area (Å²) >= 11 is 0. The summed E-state index contributed by atoms with van der Waals surface area (Å²) in [6.45, 7) is 2.98. The van der Waals surface area contributed by atoms with Crippen LogP contribution in [0.5, 0.6) is 0 Å². The van der Waals surface area contributed by atoms with E-state index in [0.717, 1.165) is 25.6 Å². The first-order chi connectivity index (χ1) is 9.16. The van der Waals surface area contributed by atoms with Crippen molar-refractivity contribution in [2.75, 3.05) is 13.1 Å². The summed E-state index contributed by atoms with van der Waals surface area (Å²) in [5.74, 6) is 0.782. The maximum absolute atomic E-state index is 6.40. The molecule has 2 aromatic rings. The van der Waals surface area contributed by atoms with Crippen molar-refractivity contribution in [3.05, 3.63) is 30.0 Å². The van der Waals surface area contributed by atoms with Crippen LogP contribution in [0.3, 0.4) is 0 Å². The number of aryl methyl sites for hydroxylation is 1. The molecule has 0 bridgehead atoms. The van der Waals surface area contributed by atoms with Crippen LogP contribution in [0.4, 0.5) is 0 Å². The van der Waals surface area contributed by atoms with Crippen molar-refractivity contribution >= 4 is 10.9 Å². The van der Waals surface area contributed by atoms with Crippen molar-refractivity contribution in [1.82, 2.24) is 14.7 Å². The Kier molecular flexibility index (Phi) is 2.29. The zero-order valence-electron chi connectivity index (χ0n) is 11.3. The Morgan fingerprint density at radius 2 is 2.05 bits per heavy atom. The third-order valence-corrected chi connectivity index (χ3v) is 4.63. The van der Waals surface area contributed by atoms with Gasteiger partial charge in [-0.3, -0.25) is 9.58 Å². The molecule has 2 fully saturated rings. The lowest BCUT2D eigenvalue weighted by Gasteiger charge is -2.48. The van der Waals surface area contributed by atoms with Crippen molar-refractivity contribution in [2.24, 2.45) is 18.7 Å². The molecule has 0 atom stereocenters. The molecule has 19 heavy (non-hydrogen) atoms. The van der Waals surface area contributed by atoms with Gasteiger partial charge in [0.1, 0.15) is 0 Å². The molecule has 0 radical (unpaired) electrons. The van der Waals surface area contributed by atoms with Crippen molar-refractivity contribution in [2.45, 2.75) is 24.9 Å². The molecule has 0 unspecified atom stereocenters. The number of likely N-dealkylation sites (tertiary alicyclic amines) is 1. The largest absolute Gasteiger partial charge is 0.323 e. The SMILES string of the molecule is Cn1nc(CN2CC(N)(C3CC3)C2)c2ccccc21. The van der Waals surface area contributed by atoms with E-state index in [1.807, 2.05) is 11.7 Å². The van der Waals surface area contributed by atoms with Crippen LogP contribution in [0.25, 0.3) is 10.9 Å². The quantitative estimate of drug-likeness (QED) is 0.905. The van der Waals surface area contributed by atoms with Gasteiger partial charge in [-0.25, -0.2) is 0 Å². The summed E-state index contributed by atoms with van der Waals surface area (Å²) in [6.07, 6.45) is 2.66. The van der Waals surface area contributed by atoms with E-state index in [2.05, 4.69) is 34.3 Å². The fourth-order valence-electron chi connectivity index (χ4n) is 3.43. The zero-order chi connectivity index (χ0) is 13.0. The molecular formula is C15H20N4. The summed E-state index contributed by atoms with van der Waals surface area (Å²) in [6, 6.07) is 8.43. The number of aromatic nitrogens is 2. The maximum atomic E-state index is 6.40. The van der Waals surface area contributed by atoms with Crippen molar-refractivity contribution in [3.63, 3.8) is 0 Å². The predicted molar refractivity (Wildman–Crippen MR) is 75.6 cm³/mol. The van der Waals surface area contributed by atoms with Crippen LogP contribution in [0, 0.1) is 5.92 Å². The lowest BCUT2D eigenvalue weighted by molar-refractivity contribution is 0.0469. The first-order valence-electron chi connectivity index (χ1n) is 7.07. The minimum Gasteiger partial charge on any atom is -0.323 e. The van der Waals surface area contributed by atoms with Gasteiger partial charge in [0, 0.05) is 37.6 Å². The van der Waals surface area contributed by atoms with Crippen LogP contribution >= 0.6 is 0 Å². The number of rotatable bonds is 3. The Morgan fingerprint density at radius 3 is 2.79 bits per heavy atom. The van der Waals surface area contributed by atoms with E-state index in [-0.39, 0.29) is 5.54 Å². The van der Waals surface area contributed by atoms with Gasteiger partial charge in [-0.2, -0.15) is 5.10 Å². The normalized spacial score (nSPS) is 22.6. The van der Waals surface area contributed by atoms with Crippen LogP contribution < -0.4 is 5.73 Å². The second-order valence-electron chi connectivity index (χ2n) is 6.24. The molecule has 4 nitrogen and oxygen atoms in total. The van der Waals surface area contributed by atoms with Gasteiger partial charge >= 0.3 is 0 Å². The van der Waals surface area contributed by atoms with Gasteiger partial charge in [0.25, 0.3) is 0 Å². The van der Waals surface area contributed by atoms with E-state index >= 15 is 0 Å². The second kappa shape index (κ2) is 3.81. The molecule has 0 spiro atoms. The lowest BCUT2D eigenvalue weighted by Crippen LogP contribution is -2.68. The smallest absolute Gasteiger partial charge is 0.0843 e. The highest BCUT2D eigenvalue weighted by Crippen LogP contribution is 2.43. The summed E-state index contributed by atoms with van der Waals surface area (Å²) < 4.78 is 1.97. The Bertz CT molecular complexity index is 620. The van der Waals surface area contributed by atoms with E-state index in [1.165, 1.54) is 29.4 Å². The van der Waals surface area contributed by atoms with Gasteiger partial charge in [-0.15, -0.1) is 0 Å². The average Bonchev–Trinajstić information content (AvgIpc) is 3.16. The molecule has 4 heteroatoms. The number of benzene rings is 1. The minimum atomic E-state index is 0.102. The second-order valence-corrected chi connectivity index (χ2v) is 6.24. The Morgan fingerprint density at radius 1 is 1.32 bits per heavy atom. The molecular weight excluding hydrogens is 236 g/mol. The van der Waals surface area contributed by atoms with E-state index in [1.54, 1.807) is 0 Å². The molecule has 0 amide bonds. The van der Waals surface area contributed by atoms with Gasteiger partial charge in [0.05, 0.1) is 11.2 Å². The number of nitrogens with two attached hydrogens (primary N) is 1. The number of hydrogen-bond acceptors (Lipinski definition) is 3. The van der Waals surface area contributed by atoms with Crippen LogP contribution in [0.1, 0.15) is 18.5 Å². The molecule has 100 valence electrons. The molecule has 1 aromatic heterocycles. The highest BCUT2D eigenvalue weighted by atomic mass is 15.3. The first kappa shape index (κ1) is 11.4. The van der Waals surface area contributed by atoms with Crippen LogP contribution in [0.2, 0.25) is 0 Å². The van der Waals surface area contributed by atoms with Crippen LogP contribution in [-0.4, -0.2) is 33.3 Å². The first-order valence-corrected chi connectivity index (χ1v) is 7.07. The van der Waals surface area contributed by atoms with E-state index in [9.17, 15) is 0 Å². The third kappa shape index (κ3) is 1.78. The number of para-hydroxylation sites is 1. The van der Waals surface area contributed by atoms with E-state index < -0.39 is 0 Å². The molecule has 1 saturated heterocycles. The summed E-state index contributed by atoms with van der Waals surface area (Å²) in [5, 5.41) is 5.92. The maximum Gasteiger partial charge on any atom is 0.0843 e. The van der Waals surface area contributed by atoms with Gasteiger partial charge < -0.3 is 5.73 Å². The predicted octanol–water partition coefficient (Wildman–Crippen LogP) is 1.50. The summed E-state index contributed by atoms with van der Waals surface area (Å²) in [4.78, 5) is 2.42. The minimum absolute atomic E-state index is 0.102. The Hall–Kier alpha value is -1.39. The van der Waals surface area contributed by atoms with Gasteiger partial charge in [0.15, 0.2) is 0 Å². The lowest BCUT2D eigenvalue weighted by atomic mass is 9.85. The number of nitrogens with zero attached hydrogens (tertiary/aromatic N) is 3. The van der Waals surface area contributed by atoms with Crippen molar-refractivity contribution in [1.29, 1.82) is 0 Å². The molecule has 1 saturated carbocycles. The average molecular weight is 256 g/mol. The number of fused-ring (bicyclic) bond motifs is 1. The number of hydrogen-bond donors (Lipinski definition) is 1. The molecule has 1 aromatic carbocycles. The van der Waals surface area contributed by atoms with Crippen LogP contribution in [-0.2, 0) is 13.6 Å². The van der Waals surface area contributed by atoms with Crippen LogP contribution in [0.15, 0.2) is 24.3 Å². The van der Waals surface area contributed by atoms with Gasteiger partial charge in [-0.05, 0) is 24.8 Å². The monoisotopic (exact) mass is 256 g/mol. The molecule has 2 heterocycles. The van der Waals surface area contributed by atoms with Gasteiger partial charge in [0.2, 0.25) is 0 Å². The molecule has 2 aliphatic rings. The van der Waals surface area contributed by atoms with Crippen molar-refractivity contribution in [3.8, 4) is 0 Å². The molecule has 1 aliphatic carbocycles. The fraction of sp³-hybridized carbons (Fsp3) is 0.533. The van der Waals surface area contributed by atoms with E-state index in [4.69, 9.17) is 5.73 Å². The van der Waals surface area contributed by atoms with E-state index in [0.29, 0.717) is 0 Å². The third-order valence-electron chi connectivity index (χ3n) is 4.63. The highest BCUT2D eigenvalue weighted by Gasteiger charge is 2.50. The molecule has 1 aliphatic heterocycles. The Labute approximate surface area is 113 Å². The summed E-state index contributed by atoms with van der Waals surface area (Å²) in [5.41, 5.74) is 8.89. The highest BCUT2D eigenvalue weighted by molar-refractivity contribution is 5.81. The fourth-order valence-corrected chi connectivity index (χ4v) is 3.43. The summed E-state index contributed by atoms with van der Waals surface area (Å²) in [7, 11) is 2.01.